The summed E-state index contributed by atoms with van der Waals surface area (Å²) in [5.74, 6) is -1.96. The van der Waals surface area contributed by atoms with Gasteiger partial charge in [-0.2, -0.15) is 0 Å². The van der Waals surface area contributed by atoms with Gasteiger partial charge in [-0.25, -0.2) is 0 Å². The van der Waals surface area contributed by atoms with Crippen molar-refractivity contribution in [3.05, 3.63) is 75.5 Å². The van der Waals surface area contributed by atoms with Crippen LogP contribution >= 0.6 is 0 Å². The first kappa shape index (κ1) is 19.6. The standard InChI is InChI=1S/C22H21N3O5/c1-12-11-17-19(21(26)18(12)22(27)30-2)20(13-7-9-14(10-8-13)25(28)29)24-16-6-4-3-5-15(16)23-17/h3-10,12,18,20,23-24H,11H2,1-2H3/t12-,18+,20+/m0/s1. The monoisotopic (exact) mass is 407 g/mol. The number of esters is 1. The van der Waals surface area contributed by atoms with Crippen LogP contribution in [0.5, 0.6) is 0 Å². The lowest BCUT2D eigenvalue weighted by atomic mass is 9.75. The van der Waals surface area contributed by atoms with Gasteiger partial charge in [-0.3, -0.25) is 19.7 Å². The summed E-state index contributed by atoms with van der Waals surface area (Å²) in [5.41, 5.74) is 3.48. The van der Waals surface area contributed by atoms with Gasteiger partial charge < -0.3 is 15.4 Å². The Morgan fingerprint density at radius 2 is 1.80 bits per heavy atom. The zero-order valence-corrected chi connectivity index (χ0v) is 16.5. The van der Waals surface area contributed by atoms with Crippen LogP contribution in [0.1, 0.15) is 24.9 Å². The average molecular weight is 407 g/mol. The number of para-hydroxylation sites is 2. The van der Waals surface area contributed by atoms with E-state index in [-0.39, 0.29) is 17.4 Å². The van der Waals surface area contributed by atoms with E-state index in [1.54, 1.807) is 12.1 Å². The Balaban J connectivity index is 1.85. The molecule has 2 aromatic carbocycles. The van der Waals surface area contributed by atoms with Crippen molar-refractivity contribution in [1.82, 2.24) is 0 Å². The molecular formula is C22H21N3O5. The highest BCUT2D eigenvalue weighted by Crippen LogP contribution is 2.43. The molecule has 0 amide bonds. The second-order valence-corrected chi connectivity index (χ2v) is 7.54. The molecule has 0 saturated carbocycles. The van der Waals surface area contributed by atoms with Crippen LogP contribution in [0.4, 0.5) is 17.1 Å². The number of non-ortho nitro benzene ring substituents is 1. The summed E-state index contributed by atoms with van der Waals surface area (Å²) in [6, 6.07) is 13.1. The Morgan fingerprint density at radius 1 is 1.13 bits per heavy atom. The molecule has 3 atom stereocenters. The molecule has 0 unspecified atom stereocenters. The van der Waals surface area contributed by atoms with E-state index in [0.717, 1.165) is 17.1 Å². The fourth-order valence-corrected chi connectivity index (χ4v) is 4.17. The number of allylic oxidation sites excluding steroid dienone is 1. The van der Waals surface area contributed by atoms with Crippen LogP contribution in [-0.2, 0) is 14.3 Å². The third kappa shape index (κ3) is 3.30. The average Bonchev–Trinajstić information content (AvgIpc) is 2.90. The first-order chi connectivity index (χ1) is 14.4. The second kappa shape index (κ2) is 7.62. The number of hydrogen-bond acceptors (Lipinski definition) is 7. The number of carbonyl (C=O) groups is 2. The number of nitrogens with one attached hydrogen (secondary N) is 2. The quantitative estimate of drug-likeness (QED) is 0.344. The normalized spacial score (nSPS) is 22.7. The van der Waals surface area contributed by atoms with E-state index in [0.29, 0.717) is 17.6 Å². The number of Topliss-reactive ketones (excluding diaryl/α,β-unsaturated/α-hetero) is 1. The predicted octanol–water partition coefficient (Wildman–Crippen LogP) is 3.83. The van der Waals surface area contributed by atoms with Gasteiger partial charge in [0.15, 0.2) is 5.78 Å². The van der Waals surface area contributed by atoms with Crippen LogP contribution in [0.15, 0.2) is 59.8 Å². The van der Waals surface area contributed by atoms with Gasteiger partial charge in [0.25, 0.3) is 5.69 Å². The summed E-state index contributed by atoms with van der Waals surface area (Å²) >= 11 is 0. The summed E-state index contributed by atoms with van der Waals surface area (Å²) in [6.07, 6.45) is 0.500. The van der Waals surface area contributed by atoms with Crippen LogP contribution in [0.3, 0.4) is 0 Å². The van der Waals surface area contributed by atoms with E-state index in [4.69, 9.17) is 4.74 Å². The molecular weight excluding hydrogens is 386 g/mol. The number of fused-ring (bicyclic) bond motifs is 1. The second-order valence-electron chi connectivity index (χ2n) is 7.54. The lowest BCUT2D eigenvalue weighted by Gasteiger charge is -2.32. The van der Waals surface area contributed by atoms with E-state index in [2.05, 4.69) is 10.6 Å². The minimum Gasteiger partial charge on any atom is -0.468 e. The van der Waals surface area contributed by atoms with Gasteiger partial charge in [-0.05, 0) is 42.2 Å². The van der Waals surface area contributed by atoms with Crippen LogP contribution < -0.4 is 10.6 Å². The molecule has 2 aliphatic rings. The van der Waals surface area contributed by atoms with E-state index >= 15 is 0 Å². The molecule has 8 nitrogen and oxygen atoms in total. The highest BCUT2D eigenvalue weighted by atomic mass is 16.6. The summed E-state index contributed by atoms with van der Waals surface area (Å²) in [5, 5.41) is 17.8. The Labute approximate surface area is 173 Å². The Hall–Kier alpha value is -3.68. The van der Waals surface area contributed by atoms with Gasteiger partial charge in [-0.15, -0.1) is 0 Å². The Bertz CT molecular complexity index is 1060. The number of ether oxygens (including phenoxy) is 1. The molecule has 0 bridgehead atoms. The number of ketones is 1. The van der Waals surface area contributed by atoms with E-state index in [1.807, 2.05) is 31.2 Å². The molecule has 30 heavy (non-hydrogen) atoms. The minimum atomic E-state index is -0.890. The van der Waals surface area contributed by atoms with E-state index < -0.39 is 22.9 Å². The smallest absolute Gasteiger partial charge is 0.316 e. The van der Waals surface area contributed by atoms with Crippen LogP contribution in [-0.4, -0.2) is 23.8 Å². The SMILES string of the molecule is COC(=O)[C@H]1C(=O)C2=C(C[C@@H]1C)Nc1ccccc1N[C@@H]2c1ccc([N+](=O)[O-])cc1. The topological polar surface area (TPSA) is 111 Å². The minimum absolute atomic E-state index is 0.0314. The Morgan fingerprint density at radius 3 is 2.43 bits per heavy atom. The van der Waals surface area contributed by atoms with Gasteiger partial charge in [0, 0.05) is 23.4 Å². The molecule has 0 spiro atoms. The number of rotatable bonds is 3. The van der Waals surface area contributed by atoms with Crippen molar-refractivity contribution in [1.29, 1.82) is 0 Å². The third-order valence-corrected chi connectivity index (χ3v) is 5.66. The molecule has 0 aromatic heterocycles. The fourth-order valence-electron chi connectivity index (χ4n) is 4.17. The molecule has 1 heterocycles. The summed E-state index contributed by atoms with van der Waals surface area (Å²) < 4.78 is 4.89. The number of benzene rings is 2. The molecule has 154 valence electrons. The van der Waals surface area contributed by atoms with Gasteiger partial charge in [0.2, 0.25) is 0 Å². The lowest BCUT2D eigenvalue weighted by Crippen LogP contribution is -2.39. The van der Waals surface area contributed by atoms with Crippen molar-refractivity contribution >= 4 is 28.8 Å². The lowest BCUT2D eigenvalue weighted by molar-refractivity contribution is -0.384. The van der Waals surface area contributed by atoms with Crippen molar-refractivity contribution in [2.24, 2.45) is 11.8 Å². The number of nitro benzene ring substituents is 1. The maximum absolute atomic E-state index is 13.5. The number of methoxy groups -OCH3 is 1. The third-order valence-electron chi connectivity index (χ3n) is 5.66. The fraction of sp³-hybridized carbons (Fsp3) is 0.273. The van der Waals surface area contributed by atoms with Crippen molar-refractivity contribution in [2.75, 3.05) is 17.7 Å². The van der Waals surface area contributed by atoms with Gasteiger partial charge >= 0.3 is 5.97 Å². The first-order valence-corrected chi connectivity index (χ1v) is 9.62. The van der Waals surface area contributed by atoms with Gasteiger partial charge in [0.05, 0.1) is 29.4 Å². The number of nitrogens with zero attached hydrogens (tertiary/aromatic N) is 1. The maximum atomic E-state index is 13.5. The largest absolute Gasteiger partial charge is 0.468 e. The summed E-state index contributed by atoms with van der Waals surface area (Å²) in [4.78, 5) is 36.4. The van der Waals surface area contributed by atoms with E-state index in [9.17, 15) is 19.7 Å². The van der Waals surface area contributed by atoms with Crippen LogP contribution in [0.2, 0.25) is 0 Å². The molecule has 1 aliphatic heterocycles. The van der Waals surface area contributed by atoms with Crippen molar-refractivity contribution in [3.63, 3.8) is 0 Å². The number of carbonyl (C=O) groups excluding carboxylic acids is 2. The highest BCUT2D eigenvalue weighted by Gasteiger charge is 2.44. The maximum Gasteiger partial charge on any atom is 0.316 e. The number of anilines is 2. The zero-order valence-electron chi connectivity index (χ0n) is 16.5. The Kier molecular flexibility index (Phi) is 4.99. The molecule has 1 aliphatic carbocycles. The number of nitro groups is 1. The number of hydrogen-bond donors (Lipinski definition) is 2. The van der Waals surface area contributed by atoms with Gasteiger partial charge in [0.1, 0.15) is 5.92 Å². The molecule has 0 radical (unpaired) electrons. The molecule has 0 saturated heterocycles. The molecule has 2 N–H and O–H groups in total. The highest BCUT2D eigenvalue weighted by molar-refractivity contribution is 6.11. The predicted molar refractivity (Wildman–Crippen MR) is 111 cm³/mol. The summed E-state index contributed by atoms with van der Waals surface area (Å²) in [6.45, 7) is 1.86. The van der Waals surface area contributed by atoms with Crippen molar-refractivity contribution < 1.29 is 19.2 Å². The molecule has 4 rings (SSSR count). The van der Waals surface area contributed by atoms with Crippen molar-refractivity contribution in [2.45, 2.75) is 19.4 Å². The molecule has 8 heteroatoms. The van der Waals surface area contributed by atoms with E-state index in [1.165, 1.54) is 19.2 Å². The van der Waals surface area contributed by atoms with Gasteiger partial charge in [-0.1, -0.05) is 19.1 Å². The van der Waals surface area contributed by atoms with Crippen LogP contribution in [0, 0.1) is 22.0 Å². The first-order valence-electron chi connectivity index (χ1n) is 9.62. The summed E-state index contributed by atoms with van der Waals surface area (Å²) in [7, 11) is 1.28. The zero-order chi connectivity index (χ0) is 21.4. The van der Waals surface area contributed by atoms with Crippen molar-refractivity contribution in [3.8, 4) is 0 Å². The molecule has 2 aromatic rings. The molecule has 0 fully saturated rings. The van der Waals surface area contributed by atoms with Crippen LogP contribution in [0.25, 0.3) is 0 Å².